The summed E-state index contributed by atoms with van der Waals surface area (Å²) in [4.78, 5) is 53.6. The Bertz CT molecular complexity index is 892. The summed E-state index contributed by atoms with van der Waals surface area (Å²) in [5.74, 6) is -1.70. The highest BCUT2D eigenvalue weighted by molar-refractivity contribution is 8.03. The number of carbonyl (C=O) groups excluding carboxylic acids is 3. The number of nitrogens with one attached hydrogen (secondary N) is 2. The van der Waals surface area contributed by atoms with Crippen LogP contribution in [-0.4, -0.2) is 88.5 Å². The Morgan fingerprint density at radius 3 is 2.67 bits per heavy atom. The van der Waals surface area contributed by atoms with Crippen LogP contribution in [0.4, 0.5) is 0 Å². The molecule has 0 aromatic rings. The Morgan fingerprint density at radius 1 is 1.33 bits per heavy atom. The number of ketones is 1. The smallest absolute Gasteiger partial charge is 0.353 e. The first-order chi connectivity index (χ1) is 15.6. The zero-order valence-electron chi connectivity index (χ0n) is 19.7. The minimum Gasteiger partial charge on any atom is -0.477 e. The van der Waals surface area contributed by atoms with Crippen LogP contribution in [0.5, 0.6) is 0 Å². The Balaban J connectivity index is 1.43. The first-order valence-electron chi connectivity index (χ1n) is 11.8. The maximum atomic E-state index is 12.9. The van der Waals surface area contributed by atoms with E-state index in [-0.39, 0.29) is 58.4 Å². The van der Waals surface area contributed by atoms with E-state index in [1.165, 1.54) is 23.6 Å². The minimum absolute atomic E-state index is 0.0344. The molecule has 4 rings (SSSR count). The van der Waals surface area contributed by atoms with Gasteiger partial charge in [-0.15, -0.1) is 11.8 Å². The van der Waals surface area contributed by atoms with Crippen molar-refractivity contribution in [2.45, 2.75) is 63.4 Å². The zero-order valence-corrected chi connectivity index (χ0v) is 20.5. The van der Waals surface area contributed by atoms with Gasteiger partial charge in [0.1, 0.15) is 11.5 Å². The molecule has 0 bridgehead atoms. The number of carbonyl (C=O) groups is 4. The van der Waals surface area contributed by atoms with Crippen molar-refractivity contribution in [3.05, 3.63) is 10.6 Å². The van der Waals surface area contributed by atoms with Crippen LogP contribution in [0.3, 0.4) is 0 Å². The Kier molecular flexibility index (Phi) is 6.89. The fourth-order valence-electron chi connectivity index (χ4n) is 5.92. The molecular weight excluding hydrogens is 444 g/mol. The number of amides is 2. The summed E-state index contributed by atoms with van der Waals surface area (Å²) in [6.45, 7) is 7.48. The van der Waals surface area contributed by atoms with Crippen LogP contribution in [0, 0.1) is 17.8 Å². The van der Waals surface area contributed by atoms with E-state index < -0.39 is 5.97 Å². The molecule has 2 amide bonds. The number of rotatable bonds is 8. The molecule has 3 N–H and O–H groups in total. The standard InChI is InChI=1S/C23H34N4O5S/c1-11(7-12(2)28)17-18-13(3)20(19(23(31)32)27(18)22(17)30)33-15-8-16(25-9-15)21(29)26-6-5-14(10-26)24-4/h11,13-18,24-25H,5-10H2,1-4H3,(H,31,32)/t11-,13+,14-,15-,16-,17+,18+/m0/s1. The molecule has 4 aliphatic rings. The van der Waals surface area contributed by atoms with Crippen molar-refractivity contribution in [1.29, 1.82) is 0 Å². The maximum absolute atomic E-state index is 12.9. The number of carboxylic acids is 1. The van der Waals surface area contributed by atoms with Gasteiger partial charge in [-0.25, -0.2) is 4.79 Å². The van der Waals surface area contributed by atoms with Gasteiger partial charge in [-0.3, -0.25) is 9.59 Å². The lowest BCUT2D eigenvalue weighted by Crippen LogP contribution is -2.62. The fourth-order valence-corrected chi connectivity index (χ4v) is 7.40. The number of aliphatic carboxylic acids is 1. The SMILES string of the molecule is CN[C@H]1CCN(C(=O)[C@@H]2C[C@H](SC3=C(C(=O)O)N4C(=O)[C@H]([C@@H](C)CC(C)=O)[C@H]4[C@H]3C)CN2)C1. The van der Waals surface area contributed by atoms with Crippen molar-refractivity contribution in [2.75, 3.05) is 26.7 Å². The number of fused-ring (bicyclic) bond motifs is 1. The van der Waals surface area contributed by atoms with Crippen LogP contribution in [0.15, 0.2) is 10.6 Å². The van der Waals surface area contributed by atoms with E-state index in [2.05, 4.69) is 10.6 Å². The van der Waals surface area contributed by atoms with Crippen molar-refractivity contribution in [3.63, 3.8) is 0 Å². The van der Waals surface area contributed by atoms with Gasteiger partial charge in [-0.05, 0) is 32.7 Å². The lowest BCUT2D eigenvalue weighted by atomic mass is 9.73. The van der Waals surface area contributed by atoms with Crippen molar-refractivity contribution < 1.29 is 24.3 Å². The van der Waals surface area contributed by atoms with Crippen LogP contribution in [0.2, 0.25) is 0 Å². The second kappa shape index (κ2) is 9.38. The Hall–Kier alpha value is -1.91. The second-order valence-corrected chi connectivity index (χ2v) is 11.3. The van der Waals surface area contributed by atoms with Gasteiger partial charge in [0, 0.05) is 48.2 Å². The summed E-state index contributed by atoms with van der Waals surface area (Å²) in [6, 6.07) is -0.135. The molecule has 10 heteroatoms. The highest BCUT2D eigenvalue weighted by Gasteiger charge is 2.60. The Labute approximate surface area is 198 Å². The molecule has 4 aliphatic heterocycles. The van der Waals surface area contributed by atoms with E-state index in [0.29, 0.717) is 25.4 Å². The topological polar surface area (TPSA) is 119 Å². The molecule has 182 valence electrons. The van der Waals surface area contributed by atoms with Crippen molar-refractivity contribution in [1.82, 2.24) is 20.4 Å². The Morgan fingerprint density at radius 2 is 2.06 bits per heavy atom. The molecule has 0 aromatic heterocycles. The van der Waals surface area contributed by atoms with E-state index in [4.69, 9.17) is 0 Å². The molecule has 3 saturated heterocycles. The van der Waals surface area contributed by atoms with Gasteiger partial charge in [0.05, 0.1) is 18.0 Å². The summed E-state index contributed by atoms with van der Waals surface area (Å²) >= 11 is 1.50. The average Bonchev–Trinajstić information content (AvgIpc) is 3.46. The highest BCUT2D eigenvalue weighted by atomic mass is 32.2. The molecule has 0 saturated carbocycles. The van der Waals surface area contributed by atoms with Crippen LogP contribution in [0.25, 0.3) is 0 Å². The van der Waals surface area contributed by atoms with Gasteiger partial charge in [0.2, 0.25) is 11.8 Å². The summed E-state index contributed by atoms with van der Waals surface area (Å²) < 4.78 is 0. The first kappa shape index (κ1) is 24.2. The van der Waals surface area contributed by atoms with E-state index in [0.717, 1.165) is 24.4 Å². The maximum Gasteiger partial charge on any atom is 0.353 e. The lowest BCUT2D eigenvalue weighted by Gasteiger charge is -2.47. The quantitative estimate of drug-likeness (QED) is 0.436. The van der Waals surface area contributed by atoms with Gasteiger partial charge in [0.15, 0.2) is 0 Å². The predicted octanol–water partition coefficient (Wildman–Crippen LogP) is 0.659. The molecule has 7 atom stereocenters. The van der Waals surface area contributed by atoms with Gasteiger partial charge >= 0.3 is 5.97 Å². The monoisotopic (exact) mass is 478 g/mol. The van der Waals surface area contributed by atoms with E-state index in [1.54, 1.807) is 0 Å². The second-order valence-electron chi connectivity index (χ2n) is 9.91. The van der Waals surface area contributed by atoms with Gasteiger partial charge in [0.25, 0.3) is 0 Å². The molecule has 0 aliphatic carbocycles. The molecule has 0 unspecified atom stereocenters. The summed E-state index contributed by atoms with van der Waals surface area (Å²) in [5, 5.41) is 16.5. The van der Waals surface area contributed by atoms with Gasteiger partial charge in [-0.2, -0.15) is 0 Å². The summed E-state index contributed by atoms with van der Waals surface area (Å²) in [7, 11) is 1.91. The van der Waals surface area contributed by atoms with Crippen molar-refractivity contribution in [2.24, 2.45) is 17.8 Å². The van der Waals surface area contributed by atoms with E-state index in [9.17, 15) is 24.3 Å². The van der Waals surface area contributed by atoms with E-state index >= 15 is 0 Å². The number of β-lactam (4-membered cyclic amide) rings is 1. The molecule has 0 aromatic carbocycles. The largest absolute Gasteiger partial charge is 0.477 e. The van der Waals surface area contributed by atoms with Crippen LogP contribution >= 0.6 is 11.8 Å². The van der Waals surface area contributed by atoms with Gasteiger partial charge < -0.3 is 30.3 Å². The number of hydrogen-bond donors (Lipinski definition) is 3. The average molecular weight is 479 g/mol. The molecule has 4 heterocycles. The summed E-state index contributed by atoms with van der Waals surface area (Å²) in [5.41, 5.74) is 0.0833. The molecule has 3 fully saturated rings. The van der Waals surface area contributed by atoms with Gasteiger partial charge in [-0.1, -0.05) is 13.8 Å². The number of likely N-dealkylation sites (tertiary alicyclic amines) is 1. The fraction of sp³-hybridized carbons (Fsp3) is 0.739. The lowest BCUT2D eigenvalue weighted by molar-refractivity contribution is -0.160. The summed E-state index contributed by atoms with van der Waals surface area (Å²) in [6.07, 6.45) is 1.91. The predicted molar refractivity (Wildman–Crippen MR) is 124 cm³/mol. The molecule has 9 nitrogen and oxygen atoms in total. The number of hydrogen-bond acceptors (Lipinski definition) is 7. The number of carboxylic acid groups (broad SMARTS) is 1. The number of nitrogens with zero attached hydrogens (tertiary/aromatic N) is 2. The zero-order chi connectivity index (χ0) is 24.0. The highest BCUT2D eigenvalue weighted by Crippen LogP contribution is 2.53. The van der Waals surface area contributed by atoms with Crippen molar-refractivity contribution in [3.8, 4) is 0 Å². The molecular formula is C23H34N4O5S. The molecule has 0 radical (unpaired) electrons. The third-order valence-electron chi connectivity index (χ3n) is 7.60. The van der Waals surface area contributed by atoms with Crippen molar-refractivity contribution >= 4 is 35.3 Å². The third kappa shape index (κ3) is 4.33. The number of likely N-dealkylation sites (N-methyl/N-ethyl adjacent to an activating group) is 1. The van der Waals surface area contributed by atoms with Crippen LogP contribution < -0.4 is 10.6 Å². The first-order valence-corrected chi connectivity index (χ1v) is 12.7. The molecule has 0 spiro atoms. The van der Waals surface area contributed by atoms with Crippen LogP contribution in [-0.2, 0) is 19.2 Å². The number of thioether (sulfide) groups is 1. The number of Topliss-reactive ketones (excluding diaryl/α,β-unsaturated/α-hetero) is 1. The minimum atomic E-state index is -1.09. The van der Waals surface area contributed by atoms with E-state index in [1.807, 2.05) is 25.8 Å². The normalized spacial score (nSPS) is 34.5. The molecule has 33 heavy (non-hydrogen) atoms. The third-order valence-corrected chi connectivity index (χ3v) is 9.12. The van der Waals surface area contributed by atoms with Crippen LogP contribution in [0.1, 0.15) is 40.0 Å².